The highest BCUT2D eigenvalue weighted by Gasteiger charge is 2.33. The van der Waals surface area contributed by atoms with E-state index < -0.39 is 17.2 Å². The maximum Gasteiger partial charge on any atom is 0.134 e. The molecule has 0 aliphatic heterocycles. The molecule has 2 aromatic rings. The first-order valence-corrected chi connectivity index (χ1v) is 6.27. The average Bonchev–Trinajstić information content (AvgIpc) is 2.43. The first-order chi connectivity index (χ1) is 9.39. The van der Waals surface area contributed by atoms with E-state index >= 15 is 0 Å². The third-order valence-corrected chi connectivity index (χ3v) is 3.47. The Morgan fingerprint density at radius 1 is 1.10 bits per heavy atom. The van der Waals surface area contributed by atoms with Gasteiger partial charge in [-0.1, -0.05) is 24.3 Å². The summed E-state index contributed by atoms with van der Waals surface area (Å²) in [6.45, 7) is 3.16. The van der Waals surface area contributed by atoms with Crippen molar-refractivity contribution in [1.29, 1.82) is 0 Å². The van der Waals surface area contributed by atoms with Crippen molar-refractivity contribution in [2.45, 2.75) is 19.4 Å². The maximum absolute atomic E-state index is 14.3. The van der Waals surface area contributed by atoms with Gasteiger partial charge in [-0.15, -0.1) is 0 Å². The molecule has 1 atom stereocenters. The van der Waals surface area contributed by atoms with Gasteiger partial charge >= 0.3 is 0 Å². The van der Waals surface area contributed by atoms with Crippen molar-refractivity contribution in [3.05, 3.63) is 64.7 Å². The zero-order valence-electron chi connectivity index (χ0n) is 11.7. The van der Waals surface area contributed by atoms with Gasteiger partial charge in [0.2, 0.25) is 0 Å². The van der Waals surface area contributed by atoms with Gasteiger partial charge in [0, 0.05) is 11.1 Å². The van der Waals surface area contributed by atoms with E-state index in [4.69, 9.17) is 10.5 Å². The molecule has 1 unspecified atom stereocenters. The minimum atomic E-state index is -1.33. The summed E-state index contributed by atoms with van der Waals surface area (Å²) in [5.41, 5.74) is 5.66. The molecule has 0 saturated heterocycles. The first-order valence-electron chi connectivity index (χ1n) is 6.27. The van der Waals surface area contributed by atoms with E-state index in [2.05, 4.69) is 0 Å². The lowest BCUT2D eigenvalue weighted by Crippen LogP contribution is -2.37. The third-order valence-electron chi connectivity index (χ3n) is 3.47. The molecule has 0 aliphatic rings. The number of methoxy groups -OCH3 is 1. The van der Waals surface area contributed by atoms with Crippen molar-refractivity contribution in [3.8, 4) is 5.75 Å². The van der Waals surface area contributed by atoms with Gasteiger partial charge in [-0.25, -0.2) is 8.78 Å². The molecule has 0 radical (unpaired) electrons. The largest absolute Gasteiger partial charge is 0.496 e. The lowest BCUT2D eigenvalue weighted by Gasteiger charge is -2.28. The molecule has 0 amide bonds. The molecular formula is C16H17F2NO. The van der Waals surface area contributed by atoms with Crippen LogP contribution in [0.3, 0.4) is 0 Å². The minimum absolute atomic E-state index is 0.151. The Kier molecular flexibility index (Phi) is 3.77. The lowest BCUT2D eigenvalue weighted by atomic mass is 9.83. The Morgan fingerprint density at radius 2 is 1.75 bits per heavy atom. The molecule has 0 fully saturated rings. The topological polar surface area (TPSA) is 35.2 Å². The fraction of sp³-hybridized carbons (Fsp3) is 0.250. The summed E-state index contributed by atoms with van der Waals surface area (Å²) in [5, 5.41) is 0. The summed E-state index contributed by atoms with van der Waals surface area (Å²) < 4.78 is 33.6. The molecule has 0 spiro atoms. The average molecular weight is 277 g/mol. The van der Waals surface area contributed by atoms with Gasteiger partial charge in [0.1, 0.15) is 17.4 Å². The van der Waals surface area contributed by atoms with Crippen molar-refractivity contribution in [1.82, 2.24) is 0 Å². The van der Waals surface area contributed by atoms with Crippen molar-refractivity contribution in [2.24, 2.45) is 5.73 Å². The van der Waals surface area contributed by atoms with Crippen molar-refractivity contribution < 1.29 is 13.5 Å². The van der Waals surface area contributed by atoms with E-state index in [9.17, 15) is 8.78 Å². The highest BCUT2D eigenvalue weighted by Crippen LogP contribution is 2.36. The van der Waals surface area contributed by atoms with Crippen LogP contribution in [-0.4, -0.2) is 7.11 Å². The van der Waals surface area contributed by atoms with E-state index in [0.717, 1.165) is 0 Å². The van der Waals surface area contributed by atoms with Crippen LogP contribution in [0.25, 0.3) is 0 Å². The molecule has 0 aliphatic carbocycles. The van der Waals surface area contributed by atoms with Gasteiger partial charge in [-0.2, -0.15) is 0 Å². The van der Waals surface area contributed by atoms with Crippen LogP contribution in [-0.2, 0) is 5.54 Å². The second-order valence-corrected chi connectivity index (χ2v) is 4.96. The standard InChI is InChI=1S/C16H17F2NO/c1-10-8-9-12(17)14(15(10)18)16(2,19)11-6-4-5-7-13(11)20-3/h4-9H,19H2,1-3H3. The zero-order valence-corrected chi connectivity index (χ0v) is 11.7. The molecule has 0 aromatic heterocycles. The van der Waals surface area contributed by atoms with Gasteiger partial charge in [0.25, 0.3) is 0 Å². The maximum atomic E-state index is 14.3. The predicted octanol–water partition coefficient (Wildman–Crippen LogP) is 3.50. The fourth-order valence-electron chi connectivity index (χ4n) is 2.34. The highest BCUT2D eigenvalue weighted by molar-refractivity contribution is 5.47. The molecule has 4 heteroatoms. The first kappa shape index (κ1) is 14.5. The Balaban J connectivity index is 2.70. The lowest BCUT2D eigenvalue weighted by molar-refractivity contribution is 0.393. The van der Waals surface area contributed by atoms with Crippen LogP contribution < -0.4 is 10.5 Å². The molecule has 2 nitrogen and oxygen atoms in total. The molecule has 0 saturated carbocycles. The second kappa shape index (κ2) is 5.21. The molecule has 2 N–H and O–H groups in total. The Labute approximate surface area is 117 Å². The van der Waals surface area contributed by atoms with E-state index in [1.54, 1.807) is 38.1 Å². The smallest absolute Gasteiger partial charge is 0.134 e. The number of hydrogen-bond donors (Lipinski definition) is 1. The monoisotopic (exact) mass is 277 g/mol. The number of aryl methyl sites for hydroxylation is 1. The summed E-state index contributed by atoms with van der Waals surface area (Å²) in [4.78, 5) is 0. The SMILES string of the molecule is COc1ccccc1C(C)(N)c1c(F)ccc(C)c1F. The van der Waals surface area contributed by atoms with E-state index in [0.29, 0.717) is 16.9 Å². The van der Waals surface area contributed by atoms with Gasteiger partial charge in [-0.05, 0) is 31.5 Å². The Bertz CT molecular complexity index is 638. The third kappa shape index (κ3) is 2.27. The van der Waals surface area contributed by atoms with Gasteiger partial charge in [-0.3, -0.25) is 0 Å². The van der Waals surface area contributed by atoms with Crippen LogP contribution in [0.2, 0.25) is 0 Å². The number of hydrogen-bond acceptors (Lipinski definition) is 2. The van der Waals surface area contributed by atoms with Crippen molar-refractivity contribution in [3.63, 3.8) is 0 Å². The van der Waals surface area contributed by atoms with Crippen LogP contribution in [0.15, 0.2) is 36.4 Å². The summed E-state index contributed by atoms with van der Waals surface area (Å²) in [6, 6.07) is 9.59. The van der Waals surface area contributed by atoms with E-state index in [-0.39, 0.29) is 5.56 Å². The minimum Gasteiger partial charge on any atom is -0.496 e. The molecule has 106 valence electrons. The molecule has 0 heterocycles. The van der Waals surface area contributed by atoms with E-state index in [1.165, 1.54) is 19.2 Å². The molecule has 0 bridgehead atoms. The number of rotatable bonds is 3. The van der Waals surface area contributed by atoms with Gasteiger partial charge in [0.05, 0.1) is 12.6 Å². The number of nitrogens with two attached hydrogens (primary N) is 1. The second-order valence-electron chi connectivity index (χ2n) is 4.96. The van der Waals surface area contributed by atoms with E-state index in [1.807, 2.05) is 0 Å². The molecular weight excluding hydrogens is 260 g/mol. The summed E-state index contributed by atoms with van der Waals surface area (Å²) in [6.07, 6.45) is 0. The highest BCUT2D eigenvalue weighted by atomic mass is 19.1. The fourth-order valence-corrected chi connectivity index (χ4v) is 2.34. The zero-order chi connectivity index (χ0) is 14.9. The van der Waals surface area contributed by atoms with Crippen molar-refractivity contribution >= 4 is 0 Å². The Morgan fingerprint density at radius 3 is 2.40 bits per heavy atom. The number of halogens is 2. The summed E-state index contributed by atoms with van der Waals surface area (Å²) in [7, 11) is 1.50. The van der Waals surface area contributed by atoms with Gasteiger partial charge < -0.3 is 10.5 Å². The van der Waals surface area contributed by atoms with Crippen LogP contribution in [0.4, 0.5) is 8.78 Å². The quantitative estimate of drug-likeness (QED) is 0.932. The molecule has 2 aromatic carbocycles. The van der Waals surface area contributed by atoms with Crippen molar-refractivity contribution in [2.75, 3.05) is 7.11 Å². The number of para-hydroxylation sites is 1. The normalized spacial score (nSPS) is 13.9. The Hall–Kier alpha value is -1.94. The van der Waals surface area contributed by atoms with Gasteiger partial charge in [0.15, 0.2) is 0 Å². The molecule has 20 heavy (non-hydrogen) atoms. The summed E-state index contributed by atoms with van der Waals surface area (Å²) >= 11 is 0. The molecule has 2 rings (SSSR count). The van der Waals surface area contributed by atoms with Crippen LogP contribution in [0, 0.1) is 18.6 Å². The van der Waals surface area contributed by atoms with Crippen LogP contribution in [0.5, 0.6) is 5.75 Å². The van der Waals surface area contributed by atoms with Crippen LogP contribution >= 0.6 is 0 Å². The predicted molar refractivity (Wildman–Crippen MR) is 74.7 cm³/mol. The van der Waals surface area contributed by atoms with Crippen LogP contribution in [0.1, 0.15) is 23.6 Å². The number of benzene rings is 2. The number of ether oxygens (including phenoxy) is 1. The summed E-state index contributed by atoms with van der Waals surface area (Å²) in [5.74, 6) is -0.789.